The molecule has 3 aromatic rings. The standard InChI is InChI=1S/C20H20N2O4/c1-13-7-8-14(2)16(11-13)21-18(23)12-25-20(24)10-9-19-22-15-5-3-4-6-17(15)26-19/h3-8,11H,9-10,12H2,1-2H3,(H,21,23). The van der Waals surface area contributed by atoms with Crippen molar-refractivity contribution in [2.45, 2.75) is 26.7 Å². The summed E-state index contributed by atoms with van der Waals surface area (Å²) in [5, 5.41) is 2.75. The van der Waals surface area contributed by atoms with Crippen molar-refractivity contribution in [3.8, 4) is 0 Å². The molecule has 0 saturated heterocycles. The second kappa shape index (κ2) is 7.82. The van der Waals surface area contributed by atoms with E-state index in [0.717, 1.165) is 22.3 Å². The summed E-state index contributed by atoms with van der Waals surface area (Å²) in [4.78, 5) is 28.1. The maximum Gasteiger partial charge on any atom is 0.306 e. The molecule has 6 nitrogen and oxygen atoms in total. The number of aryl methyl sites for hydroxylation is 3. The number of oxazole rings is 1. The topological polar surface area (TPSA) is 81.4 Å². The fourth-order valence-corrected chi connectivity index (χ4v) is 2.51. The molecule has 0 aliphatic carbocycles. The summed E-state index contributed by atoms with van der Waals surface area (Å²) in [6, 6.07) is 13.2. The van der Waals surface area contributed by atoms with Crippen LogP contribution in [0.5, 0.6) is 0 Å². The number of para-hydroxylation sites is 2. The molecule has 0 atom stereocenters. The van der Waals surface area contributed by atoms with Crippen LogP contribution in [0.15, 0.2) is 46.9 Å². The third kappa shape index (κ3) is 4.47. The van der Waals surface area contributed by atoms with Gasteiger partial charge >= 0.3 is 5.97 Å². The first-order chi connectivity index (χ1) is 12.5. The van der Waals surface area contributed by atoms with Gasteiger partial charge in [0, 0.05) is 12.1 Å². The number of anilines is 1. The molecule has 0 aliphatic rings. The lowest BCUT2D eigenvalue weighted by atomic mass is 10.1. The van der Waals surface area contributed by atoms with Crippen molar-refractivity contribution in [2.24, 2.45) is 0 Å². The molecule has 26 heavy (non-hydrogen) atoms. The number of carbonyl (C=O) groups excluding carboxylic acids is 2. The molecule has 1 heterocycles. The van der Waals surface area contributed by atoms with E-state index in [9.17, 15) is 9.59 Å². The summed E-state index contributed by atoms with van der Waals surface area (Å²) >= 11 is 0. The molecule has 1 N–H and O–H groups in total. The zero-order valence-corrected chi connectivity index (χ0v) is 14.7. The van der Waals surface area contributed by atoms with Crippen LogP contribution in [0.4, 0.5) is 5.69 Å². The number of benzene rings is 2. The minimum atomic E-state index is -0.469. The highest BCUT2D eigenvalue weighted by Gasteiger charge is 2.12. The van der Waals surface area contributed by atoms with E-state index in [0.29, 0.717) is 17.9 Å². The molecule has 134 valence electrons. The largest absolute Gasteiger partial charge is 0.456 e. The number of hydrogen-bond donors (Lipinski definition) is 1. The molecule has 0 radical (unpaired) electrons. The van der Waals surface area contributed by atoms with Gasteiger partial charge in [0.05, 0.1) is 6.42 Å². The Hall–Kier alpha value is -3.15. The van der Waals surface area contributed by atoms with Crippen molar-refractivity contribution in [1.29, 1.82) is 0 Å². The minimum absolute atomic E-state index is 0.101. The number of nitrogens with zero attached hydrogens (tertiary/aromatic N) is 1. The van der Waals surface area contributed by atoms with Gasteiger partial charge in [-0.2, -0.15) is 0 Å². The summed E-state index contributed by atoms with van der Waals surface area (Å²) in [5.74, 6) is -0.361. The molecule has 1 amide bonds. The van der Waals surface area contributed by atoms with Gasteiger partial charge in [-0.25, -0.2) is 4.98 Å². The molecule has 0 saturated carbocycles. The van der Waals surface area contributed by atoms with Gasteiger partial charge in [0.25, 0.3) is 5.91 Å². The number of carbonyl (C=O) groups is 2. The maximum absolute atomic E-state index is 12.0. The molecule has 0 aliphatic heterocycles. The quantitative estimate of drug-likeness (QED) is 0.686. The molecular weight excluding hydrogens is 332 g/mol. The van der Waals surface area contributed by atoms with E-state index in [1.54, 1.807) is 0 Å². The van der Waals surface area contributed by atoms with Gasteiger partial charge < -0.3 is 14.5 Å². The normalized spacial score (nSPS) is 10.7. The monoisotopic (exact) mass is 352 g/mol. The Balaban J connectivity index is 1.46. The van der Waals surface area contributed by atoms with Crippen LogP contribution in [0.3, 0.4) is 0 Å². The average Bonchev–Trinajstić information content (AvgIpc) is 3.04. The molecule has 1 aromatic heterocycles. The Morgan fingerprint density at radius 3 is 2.77 bits per heavy atom. The van der Waals surface area contributed by atoms with Gasteiger partial charge in [-0.3, -0.25) is 9.59 Å². The molecule has 2 aromatic carbocycles. The first kappa shape index (κ1) is 17.7. The second-order valence-corrected chi connectivity index (χ2v) is 6.10. The van der Waals surface area contributed by atoms with Crippen LogP contribution >= 0.6 is 0 Å². The fourth-order valence-electron chi connectivity index (χ4n) is 2.51. The first-order valence-corrected chi connectivity index (χ1v) is 8.38. The highest BCUT2D eigenvalue weighted by molar-refractivity contribution is 5.93. The zero-order valence-electron chi connectivity index (χ0n) is 14.7. The number of aromatic nitrogens is 1. The summed E-state index contributed by atoms with van der Waals surface area (Å²) in [7, 11) is 0. The third-order valence-corrected chi connectivity index (χ3v) is 3.91. The lowest BCUT2D eigenvalue weighted by Gasteiger charge is -2.09. The number of esters is 1. The van der Waals surface area contributed by atoms with Gasteiger partial charge in [0.15, 0.2) is 18.1 Å². The summed E-state index contributed by atoms with van der Waals surface area (Å²) in [5.41, 5.74) is 4.15. The van der Waals surface area contributed by atoms with Crippen LogP contribution in [0.1, 0.15) is 23.4 Å². The highest BCUT2D eigenvalue weighted by atomic mass is 16.5. The Morgan fingerprint density at radius 2 is 1.96 bits per heavy atom. The van der Waals surface area contributed by atoms with Gasteiger partial charge in [-0.1, -0.05) is 24.3 Å². The Morgan fingerprint density at radius 1 is 1.15 bits per heavy atom. The number of fused-ring (bicyclic) bond motifs is 1. The number of hydrogen-bond acceptors (Lipinski definition) is 5. The summed E-state index contributed by atoms with van der Waals surface area (Å²) in [6.07, 6.45) is 0.426. The van der Waals surface area contributed by atoms with Gasteiger partial charge in [0.1, 0.15) is 5.52 Å². The van der Waals surface area contributed by atoms with Crippen LogP contribution in [-0.2, 0) is 20.7 Å². The zero-order chi connectivity index (χ0) is 18.5. The van der Waals surface area contributed by atoms with Crippen molar-refractivity contribution in [2.75, 3.05) is 11.9 Å². The summed E-state index contributed by atoms with van der Waals surface area (Å²) in [6.45, 7) is 3.53. The number of amides is 1. The van der Waals surface area contributed by atoms with E-state index in [-0.39, 0.29) is 18.9 Å². The van der Waals surface area contributed by atoms with Crippen molar-refractivity contribution in [1.82, 2.24) is 4.98 Å². The lowest BCUT2D eigenvalue weighted by Crippen LogP contribution is -2.21. The molecule has 3 rings (SSSR count). The van der Waals surface area contributed by atoms with Gasteiger partial charge in [-0.05, 0) is 43.2 Å². The van der Waals surface area contributed by atoms with Crippen molar-refractivity contribution >= 4 is 28.7 Å². The minimum Gasteiger partial charge on any atom is -0.456 e. The van der Waals surface area contributed by atoms with Gasteiger partial charge in [0.2, 0.25) is 0 Å². The van der Waals surface area contributed by atoms with Gasteiger partial charge in [-0.15, -0.1) is 0 Å². The smallest absolute Gasteiger partial charge is 0.306 e. The van der Waals surface area contributed by atoms with Crippen LogP contribution in [-0.4, -0.2) is 23.5 Å². The molecule has 0 bridgehead atoms. The Kier molecular flexibility index (Phi) is 5.31. The molecule has 6 heteroatoms. The molecule has 0 spiro atoms. The van der Waals surface area contributed by atoms with E-state index in [2.05, 4.69) is 10.3 Å². The van der Waals surface area contributed by atoms with Crippen molar-refractivity contribution in [3.05, 3.63) is 59.5 Å². The van der Waals surface area contributed by atoms with Crippen LogP contribution in [0.2, 0.25) is 0 Å². The SMILES string of the molecule is Cc1ccc(C)c(NC(=O)COC(=O)CCc2nc3ccccc3o2)c1. The van der Waals surface area contributed by atoms with Crippen LogP contribution in [0, 0.1) is 13.8 Å². The summed E-state index contributed by atoms with van der Waals surface area (Å²) < 4.78 is 10.6. The van der Waals surface area contributed by atoms with E-state index >= 15 is 0 Å². The van der Waals surface area contributed by atoms with Crippen LogP contribution in [0.25, 0.3) is 11.1 Å². The van der Waals surface area contributed by atoms with Crippen LogP contribution < -0.4 is 5.32 Å². The van der Waals surface area contributed by atoms with Crippen molar-refractivity contribution < 1.29 is 18.7 Å². The van der Waals surface area contributed by atoms with E-state index in [1.165, 1.54) is 0 Å². The maximum atomic E-state index is 12.0. The molecule has 0 unspecified atom stereocenters. The second-order valence-electron chi connectivity index (χ2n) is 6.10. The Bertz CT molecular complexity index is 913. The molecule has 0 fully saturated rings. The number of nitrogens with one attached hydrogen (secondary N) is 1. The third-order valence-electron chi connectivity index (χ3n) is 3.91. The lowest BCUT2D eigenvalue weighted by molar-refractivity contribution is -0.147. The average molecular weight is 352 g/mol. The molecular formula is C20H20N2O4. The number of rotatable bonds is 6. The van der Waals surface area contributed by atoms with E-state index in [1.807, 2.05) is 56.3 Å². The predicted molar refractivity (Wildman–Crippen MR) is 97.8 cm³/mol. The Labute approximate surface area is 151 Å². The van der Waals surface area contributed by atoms with E-state index < -0.39 is 5.97 Å². The van der Waals surface area contributed by atoms with E-state index in [4.69, 9.17) is 9.15 Å². The highest BCUT2D eigenvalue weighted by Crippen LogP contribution is 2.17. The predicted octanol–water partition coefficient (Wildman–Crippen LogP) is 3.56. The first-order valence-electron chi connectivity index (χ1n) is 8.38. The van der Waals surface area contributed by atoms with Crippen molar-refractivity contribution in [3.63, 3.8) is 0 Å². The fraction of sp³-hybridized carbons (Fsp3) is 0.250. The number of ether oxygens (including phenoxy) is 1.